The number of ether oxygens (including phenoxy) is 1. The molecule has 3 rings (SSSR count). The monoisotopic (exact) mass is 347 g/mol. The van der Waals surface area contributed by atoms with Crippen molar-refractivity contribution in [2.75, 3.05) is 19.7 Å². The van der Waals surface area contributed by atoms with E-state index in [0.29, 0.717) is 12.2 Å². The van der Waals surface area contributed by atoms with Gasteiger partial charge in [-0.3, -0.25) is 4.79 Å². The molecule has 0 aliphatic carbocycles. The average Bonchev–Trinajstić information content (AvgIpc) is 2.98. The lowest BCUT2D eigenvalue weighted by Gasteiger charge is -2.24. The van der Waals surface area contributed by atoms with E-state index in [0.717, 1.165) is 11.6 Å². The minimum atomic E-state index is -1.22. The maximum atomic E-state index is 13.8. The van der Waals surface area contributed by atoms with Crippen molar-refractivity contribution in [3.05, 3.63) is 65.2 Å². The number of carbonyl (C=O) groups is 1. The molecule has 0 aromatic heterocycles. The van der Waals surface area contributed by atoms with Gasteiger partial charge in [0, 0.05) is 6.54 Å². The first-order chi connectivity index (χ1) is 11.9. The van der Waals surface area contributed by atoms with Crippen LogP contribution in [-0.2, 0) is 0 Å². The molecule has 2 aromatic carbocycles. The fraction of sp³-hybridized carbons (Fsp3) is 0.316. The number of nitrogens with zero attached hydrogens (tertiary/aromatic N) is 1. The maximum Gasteiger partial charge on any atom is 0.257 e. The number of β-amino-alcohol motifs (C(OH)–C–C–N with tert-alkyl or cyclic N) is 1. The van der Waals surface area contributed by atoms with Crippen LogP contribution in [0.1, 0.15) is 22.3 Å². The number of hydrogen-bond donors (Lipinski definition) is 1. The van der Waals surface area contributed by atoms with E-state index in [4.69, 9.17) is 4.74 Å². The highest BCUT2D eigenvalue weighted by molar-refractivity contribution is 5.94. The van der Waals surface area contributed by atoms with E-state index in [2.05, 4.69) is 0 Å². The van der Waals surface area contributed by atoms with Gasteiger partial charge in [-0.2, -0.15) is 0 Å². The molecule has 1 aliphatic rings. The van der Waals surface area contributed by atoms with Crippen LogP contribution < -0.4 is 4.74 Å². The van der Waals surface area contributed by atoms with E-state index in [9.17, 15) is 18.7 Å². The van der Waals surface area contributed by atoms with E-state index in [1.165, 1.54) is 17.0 Å². The summed E-state index contributed by atoms with van der Waals surface area (Å²) in [5, 5.41) is 10.6. The minimum Gasteiger partial charge on any atom is -0.491 e. The predicted molar refractivity (Wildman–Crippen MR) is 88.5 cm³/mol. The first kappa shape index (κ1) is 17.4. The van der Waals surface area contributed by atoms with Crippen LogP contribution in [0.4, 0.5) is 8.78 Å². The summed E-state index contributed by atoms with van der Waals surface area (Å²) >= 11 is 0. The Morgan fingerprint density at radius 2 is 2.04 bits per heavy atom. The molecule has 6 heteroatoms. The van der Waals surface area contributed by atoms with Gasteiger partial charge in [0.1, 0.15) is 18.0 Å². The second-order valence-electron chi connectivity index (χ2n) is 6.41. The zero-order valence-corrected chi connectivity index (χ0v) is 13.8. The molecule has 1 fully saturated rings. The summed E-state index contributed by atoms with van der Waals surface area (Å²) in [5.74, 6) is -2.24. The lowest BCUT2D eigenvalue weighted by Crippen LogP contribution is -2.40. The second-order valence-corrected chi connectivity index (χ2v) is 6.41. The molecule has 1 N–H and O–H groups in total. The van der Waals surface area contributed by atoms with Crippen LogP contribution in [0.15, 0.2) is 42.5 Å². The first-order valence-electron chi connectivity index (χ1n) is 8.03. The van der Waals surface area contributed by atoms with E-state index >= 15 is 0 Å². The summed E-state index contributed by atoms with van der Waals surface area (Å²) in [6.07, 6.45) is 0.307. The summed E-state index contributed by atoms with van der Waals surface area (Å²) in [5.41, 5.74) is -0.512. The van der Waals surface area contributed by atoms with Crippen LogP contribution in [0.5, 0.6) is 5.75 Å². The summed E-state index contributed by atoms with van der Waals surface area (Å²) in [4.78, 5) is 13.7. The number of rotatable bonds is 4. The predicted octanol–water partition coefficient (Wildman–Crippen LogP) is 2.93. The van der Waals surface area contributed by atoms with Crippen LogP contribution in [0.25, 0.3) is 0 Å². The van der Waals surface area contributed by atoms with Crippen molar-refractivity contribution < 1.29 is 23.4 Å². The van der Waals surface area contributed by atoms with Crippen molar-refractivity contribution in [2.45, 2.75) is 18.9 Å². The molecule has 0 bridgehead atoms. The van der Waals surface area contributed by atoms with Gasteiger partial charge in [-0.25, -0.2) is 8.78 Å². The van der Waals surface area contributed by atoms with Crippen LogP contribution in [0.3, 0.4) is 0 Å². The average molecular weight is 347 g/mol. The van der Waals surface area contributed by atoms with Gasteiger partial charge >= 0.3 is 0 Å². The molecule has 1 atom stereocenters. The standard InChI is InChI=1S/C19H19F2NO3/c1-13-4-2-5-14(10-13)25-12-19(24)8-9-22(11-19)18(23)15-6-3-7-16(20)17(15)21/h2-7,10,24H,8-9,11-12H2,1H3/t19-/m0/s1. The van der Waals surface area contributed by atoms with Gasteiger partial charge in [-0.1, -0.05) is 18.2 Å². The van der Waals surface area contributed by atoms with Crippen LogP contribution in [0.2, 0.25) is 0 Å². The van der Waals surface area contributed by atoms with Crippen molar-refractivity contribution in [1.29, 1.82) is 0 Å². The Balaban J connectivity index is 1.65. The number of benzene rings is 2. The van der Waals surface area contributed by atoms with Gasteiger partial charge in [0.15, 0.2) is 11.6 Å². The number of carbonyl (C=O) groups excluding carboxylic acids is 1. The summed E-state index contributed by atoms with van der Waals surface area (Å²) in [6.45, 7) is 2.22. The highest BCUT2D eigenvalue weighted by Crippen LogP contribution is 2.25. The molecule has 1 saturated heterocycles. The smallest absolute Gasteiger partial charge is 0.257 e. The Kier molecular flexibility index (Phi) is 4.72. The highest BCUT2D eigenvalue weighted by Gasteiger charge is 2.39. The van der Waals surface area contributed by atoms with E-state index in [1.54, 1.807) is 6.07 Å². The fourth-order valence-corrected chi connectivity index (χ4v) is 2.91. The number of aryl methyl sites for hydroxylation is 1. The van der Waals surface area contributed by atoms with Gasteiger partial charge in [0.25, 0.3) is 5.91 Å². The molecule has 1 heterocycles. The number of likely N-dealkylation sites (tertiary alicyclic amines) is 1. The molecule has 0 unspecified atom stereocenters. The van der Waals surface area contributed by atoms with Crippen LogP contribution in [0, 0.1) is 18.6 Å². The van der Waals surface area contributed by atoms with Gasteiger partial charge < -0.3 is 14.7 Å². The summed E-state index contributed by atoms with van der Waals surface area (Å²) < 4.78 is 32.7. The molecule has 1 aliphatic heterocycles. The quantitative estimate of drug-likeness (QED) is 0.925. The number of halogens is 2. The largest absolute Gasteiger partial charge is 0.491 e. The molecule has 1 amide bonds. The van der Waals surface area contributed by atoms with Crippen LogP contribution >= 0.6 is 0 Å². The first-order valence-corrected chi connectivity index (χ1v) is 8.03. The van der Waals surface area contributed by atoms with Gasteiger partial charge in [-0.05, 0) is 43.2 Å². The van der Waals surface area contributed by atoms with Crippen molar-refractivity contribution in [3.63, 3.8) is 0 Å². The number of aliphatic hydroxyl groups is 1. The molecule has 2 aromatic rings. The van der Waals surface area contributed by atoms with Gasteiger partial charge in [-0.15, -0.1) is 0 Å². The third kappa shape index (κ3) is 3.79. The van der Waals surface area contributed by atoms with Crippen LogP contribution in [-0.4, -0.2) is 41.2 Å². The third-order valence-corrected chi connectivity index (χ3v) is 4.30. The SMILES string of the molecule is Cc1cccc(OC[C@]2(O)CCN(C(=O)c3cccc(F)c3F)C2)c1. The van der Waals surface area contributed by atoms with Gasteiger partial charge in [0.2, 0.25) is 0 Å². The van der Waals surface area contributed by atoms with E-state index in [-0.39, 0.29) is 25.3 Å². The molecule has 0 spiro atoms. The normalized spacial score (nSPS) is 19.9. The third-order valence-electron chi connectivity index (χ3n) is 4.30. The molecule has 4 nitrogen and oxygen atoms in total. The minimum absolute atomic E-state index is 0.00754. The van der Waals surface area contributed by atoms with Crippen molar-refractivity contribution in [2.24, 2.45) is 0 Å². The molecule has 25 heavy (non-hydrogen) atoms. The summed E-state index contributed by atoms with van der Waals surface area (Å²) in [7, 11) is 0. The lowest BCUT2D eigenvalue weighted by atomic mass is 10.1. The van der Waals surface area contributed by atoms with Crippen molar-refractivity contribution >= 4 is 5.91 Å². The number of amides is 1. The molecular formula is C19H19F2NO3. The number of hydrogen-bond acceptors (Lipinski definition) is 3. The second kappa shape index (κ2) is 6.80. The molecule has 0 saturated carbocycles. The zero-order chi connectivity index (χ0) is 18.0. The Labute approximate surface area is 144 Å². The Morgan fingerprint density at radius 1 is 1.28 bits per heavy atom. The fourth-order valence-electron chi connectivity index (χ4n) is 2.91. The lowest BCUT2D eigenvalue weighted by molar-refractivity contribution is 0.00424. The molecular weight excluding hydrogens is 328 g/mol. The van der Waals surface area contributed by atoms with Crippen molar-refractivity contribution in [1.82, 2.24) is 4.90 Å². The Hall–Kier alpha value is -2.47. The Morgan fingerprint density at radius 3 is 2.80 bits per heavy atom. The zero-order valence-electron chi connectivity index (χ0n) is 13.8. The molecule has 0 radical (unpaired) electrons. The summed E-state index contributed by atoms with van der Waals surface area (Å²) in [6, 6.07) is 10.9. The topological polar surface area (TPSA) is 49.8 Å². The van der Waals surface area contributed by atoms with Crippen molar-refractivity contribution in [3.8, 4) is 5.75 Å². The van der Waals surface area contributed by atoms with E-state index < -0.39 is 23.1 Å². The maximum absolute atomic E-state index is 13.8. The highest BCUT2D eigenvalue weighted by atomic mass is 19.2. The van der Waals surface area contributed by atoms with E-state index in [1.807, 2.05) is 25.1 Å². The van der Waals surface area contributed by atoms with Gasteiger partial charge in [0.05, 0.1) is 12.1 Å². The Bertz CT molecular complexity index is 796. The molecule has 132 valence electrons.